The van der Waals surface area contributed by atoms with E-state index in [9.17, 15) is 5.11 Å². The molecule has 2 nitrogen and oxygen atoms in total. The van der Waals surface area contributed by atoms with E-state index in [1.165, 1.54) is 19.3 Å². The fraction of sp³-hybridized carbons (Fsp3) is 1.00. The lowest BCUT2D eigenvalue weighted by molar-refractivity contribution is -0.00950. The SMILES string of the molecule is OC1(CC2CO2)CCCCC1. The molecule has 64 valence electrons. The van der Waals surface area contributed by atoms with Gasteiger partial charge in [0.2, 0.25) is 0 Å². The Kier molecular flexibility index (Phi) is 1.90. The Labute approximate surface area is 67.6 Å². The highest BCUT2D eigenvalue weighted by Crippen LogP contribution is 2.34. The zero-order valence-electron chi connectivity index (χ0n) is 6.88. The van der Waals surface area contributed by atoms with Crippen LogP contribution in [0.3, 0.4) is 0 Å². The Morgan fingerprint density at radius 3 is 2.45 bits per heavy atom. The highest BCUT2D eigenvalue weighted by molar-refractivity contribution is 4.88. The van der Waals surface area contributed by atoms with Crippen molar-refractivity contribution in [3.8, 4) is 0 Å². The third kappa shape index (κ3) is 1.94. The summed E-state index contributed by atoms with van der Waals surface area (Å²) in [6, 6.07) is 0. The average molecular weight is 156 g/mol. The minimum absolute atomic E-state index is 0.362. The van der Waals surface area contributed by atoms with Crippen molar-refractivity contribution in [2.75, 3.05) is 6.61 Å². The molecule has 1 aliphatic carbocycles. The van der Waals surface area contributed by atoms with Crippen LogP contribution in [0.1, 0.15) is 38.5 Å². The smallest absolute Gasteiger partial charge is 0.0837 e. The third-order valence-electron chi connectivity index (χ3n) is 2.79. The first-order valence-electron chi connectivity index (χ1n) is 4.63. The molecule has 1 saturated carbocycles. The highest BCUT2D eigenvalue weighted by Gasteiger charge is 2.36. The highest BCUT2D eigenvalue weighted by atomic mass is 16.6. The zero-order valence-corrected chi connectivity index (χ0v) is 6.88. The molecule has 2 aliphatic rings. The molecule has 0 amide bonds. The van der Waals surface area contributed by atoms with Crippen LogP contribution in [-0.2, 0) is 4.74 Å². The van der Waals surface area contributed by atoms with Crippen molar-refractivity contribution in [2.45, 2.75) is 50.2 Å². The number of hydrogen-bond acceptors (Lipinski definition) is 2. The van der Waals surface area contributed by atoms with Crippen LogP contribution < -0.4 is 0 Å². The molecule has 0 aromatic heterocycles. The van der Waals surface area contributed by atoms with E-state index in [4.69, 9.17) is 4.74 Å². The largest absolute Gasteiger partial charge is 0.390 e. The summed E-state index contributed by atoms with van der Waals surface area (Å²) in [5.41, 5.74) is -0.362. The summed E-state index contributed by atoms with van der Waals surface area (Å²) in [6.45, 7) is 0.877. The maximum absolute atomic E-state index is 10.0. The van der Waals surface area contributed by atoms with Gasteiger partial charge in [-0.3, -0.25) is 0 Å². The maximum atomic E-state index is 10.0. The fourth-order valence-electron chi connectivity index (χ4n) is 2.02. The molecule has 0 spiro atoms. The summed E-state index contributed by atoms with van der Waals surface area (Å²) in [5.74, 6) is 0. The van der Waals surface area contributed by atoms with Gasteiger partial charge in [0.25, 0.3) is 0 Å². The van der Waals surface area contributed by atoms with Crippen molar-refractivity contribution in [2.24, 2.45) is 0 Å². The molecule has 1 N–H and O–H groups in total. The van der Waals surface area contributed by atoms with E-state index in [1.807, 2.05) is 0 Å². The summed E-state index contributed by atoms with van der Waals surface area (Å²) < 4.78 is 5.12. The molecule has 2 fully saturated rings. The third-order valence-corrected chi connectivity index (χ3v) is 2.79. The second-order valence-corrected chi connectivity index (χ2v) is 3.94. The molecule has 1 saturated heterocycles. The van der Waals surface area contributed by atoms with Crippen LogP contribution in [0, 0.1) is 0 Å². The number of aliphatic hydroxyl groups is 1. The molecule has 0 aromatic rings. The number of epoxide rings is 1. The molecular weight excluding hydrogens is 140 g/mol. The first-order valence-corrected chi connectivity index (χ1v) is 4.63. The van der Waals surface area contributed by atoms with Crippen molar-refractivity contribution in [1.82, 2.24) is 0 Å². The molecule has 1 aliphatic heterocycles. The van der Waals surface area contributed by atoms with Gasteiger partial charge in [-0.1, -0.05) is 19.3 Å². The normalized spacial score (nSPS) is 35.2. The molecular formula is C9H16O2. The van der Waals surface area contributed by atoms with Crippen LogP contribution >= 0.6 is 0 Å². The Morgan fingerprint density at radius 2 is 1.91 bits per heavy atom. The Balaban J connectivity index is 1.84. The quantitative estimate of drug-likeness (QED) is 0.614. The van der Waals surface area contributed by atoms with E-state index in [0.717, 1.165) is 25.9 Å². The van der Waals surface area contributed by atoms with Gasteiger partial charge in [-0.2, -0.15) is 0 Å². The first-order chi connectivity index (χ1) is 5.29. The summed E-state index contributed by atoms with van der Waals surface area (Å²) in [6.07, 6.45) is 6.95. The standard InChI is InChI=1S/C9H16O2/c10-9(6-8-7-11-8)4-2-1-3-5-9/h8,10H,1-7H2. The maximum Gasteiger partial charge on any atom is 0.0837 e. The van der Waals surface area contributed by atoms with Gasteiger partial charge in [-0.25, -0.2) is 0 Å². The molecule has 1 atom stereocenters. The van der Waals surface area contributed by atoms with E-state index in [1.54, 1.807) is 0 Å². The van der Waals surface area contributed by atoms with Gasteiger partial charge in [0.15, 0.2) is 0 Å². The molecule has 11 heavy (non-hydrogen) atoms. The topological polar surface area (TPSA) is 32.8 Å². The van der Waals surface area contributed by atoms with Crippen molar-refractivity contribution in [3.63, 3.8) is 0 Å². The molecule has 0 radical (unpaired) electrons. The fourth-order valence-corrected chi connectivity index (χ4v) is 2.02. The summed E-state index contributed by atoms with van der Waals surface area (Å²) in [4.78, 5) is 0. The molecule has 2 rings (SSSR count). The first kappa shape index (κ1) is 7.56. The molecule has 0 bridgehead atoms. The lowest BCUT2D eigenvalue weighted by Gasteiger charge is -2.31. The van der Waals surface area contributed by atoms with Crippen LogP contribution in [0.2, 0.25) is 0 Å². The van der Waals surface area contributed by atoms with Crippen molar-refractivity contribution in [3.05, 3.63) is 0 Å². The molecule has 2 heteroatoms. The van der Waals surface area contributed by atoms with E-state index in [0.29, 0.717) is 6.10 Å². The van der Waals surface area contributed by atoms with Crippen molar-refractivity contribution >= 4 is 0 Å². The summed E-state index contributed by atoms with van der Waals surface area (Å²) >= 11 is 0. The van der Waals surface area contributed by atoms with Gasteiger partial charge in [-0.15, -0.1) is 0 Å². The number of rotatable bonds is 2. The van der Waals surface area contributed by atoms with Crippen LogP contribution in [0.4, 0.5) is 0 Å². The minimum Gasteiger partial charge on any atom is -0.390 e. The zero-order chi connectivity index (χ0) is 7.73. The average Bonchev–Trinajstić information content (AvgIpc) is 2.72. The Bertz CT molecular complexity index is 134. The second kappa shape index (κ2) is 2.76. The summed E-state index contributed by atoms with van der Waals surface area (Å²) in [5, 5.41) is 10.0. The lowest BCUT2D eigenvalue weighted by Crippen LogP contribution is -2.32. The Hall–Kier alpha value is -0.0800. The van der Waals surface area contributed by atoms with Gasteiger partial charge >= 0.3 is 0 Å². The van der Waals surface area contributed by atoms with E-state index in [-0.39, 0.29) is 5.60 Å². The van der Waals surface area contributed by atoms with Gasteiger partial charge in [0.1, 0.15) is 0 Å². The second-order valence-electron chi connectivity index (χ2n) is 3.94. The Morgan fingerprint density at radius 1 is 1.27 bits per heavy atom. The predicted molar refractivity (Wildman–Crippen MR) is 42.4 cm³/mol. The van der Waals surface area contributed by atoms with Gasteiger partial charge in [0.05, 0.1) is 18.3 Å². The predicted octanol–water partition coefficient (Wildman–Crippen LogP) is 1.47. The van der Waals surface area contributed by atoms with E-state index in [2.05, 4.69) is 0 Å². The monoisotopic (exact) mass is 156 g/mol. The van der Waals surface area contributed by atoms with E-state index < -0.39 is 0 Å². The van der Waals surface area contributed by atoms with Gasteiger partial charge < -0.3 is 9.84 Å². The molecule has 1 heterocycles. The van der Waals surface area contributed by atoms with Crippen LogP contribution in [-0.4, -0.2) is 23.4 Å². The van der Waals surface area contributed by atoms with E-state index >= 15 is 0 Å². The molecule has 1 unspecified atom stereocenters. The minimum atomic E-state index is -0.362. The molecule has 0 aromatic carbocycles. The van der Waals surface area contributed by atoms with Crippen LogP contribution in [0.5, 0.6) is 0 Å². The van der Waals surface area contributed by atoms with Gasteiger partial charge in [-0.05, 0) is 12.8 Å². The lowest BCUT2D eigenvalue weighted by atomic mass is 9.82. The van der Waals surface area contributed by atoms with Crippen molar-refractivity contribution < 1.29 is 9.84 Å². The van der Waals surface area contributed by atoms with Crippen molar-refractivity contribution in [1.29, 1.82) is 0 Å². The number of ether oxygens (including phenoxy) is 1. The number of hydrogen-bond donors (Lipinski definition) is 1. The van der Waals surface area contributed by atoms with Gasteiger partial charge in [0, 0.05) is 6.42 Å². The van der Waals surface area contributed by atoms with Crippen LogP contribution in [0.15, 0.2) is 0 Å². The summed E-state index contributed by atoms with van der Waals surface area (Å²) in [7, 11) is 0. The van der Waals surface area contributed by atoms with Crippen LogP contribution in [0.25, 0.3) is 0 Å².